The molecule has 6 nitrogen and oxygen atoms in total. The van der Waals surface area contributed by atoms with Gasteiger partial charge in [0.25, 0.3) is 5.91 Å². The maximum absolute atomic E-state index is 12.1. The van der Waals surface area contributed by atoms with E-state index in [0.717, 1.165) is 5.56 Å². The summed E-state index contributed by atoms with van der Waals surface area (Å²) < 4.78 is 15.5. The third kappa shape index (κ3) is 6.79. The van der Waals surface area contributed by atoms with Gasteiger partial charge in [-0.25, -0.2) is 4.79 Å². The van der Waals surface area contributed by atoms with Crippen molar-refractivity contribution in [3.63, 3.8) is 0 Å². The molecule has 1 atom stereocenters. The first-order chi connectivity index (χ1) is 13.5. The van der Waals surface area contributed by atoms with Gasteiger partial charge in [0.2, 0.25) is 0 Å². The Hall–Kier alpha value is -3.28. The molecule has 0 spiro atoms. The lowest BCUT2D eigenvalue weighted by Gasteiger charge is -2.12. The molecule has 2 rings (SSSR count). The molecule has 0 fully saturated rings. The van der Waals surface area contributed by atoms with Crippen molar-refractivity contribution in [2.45, 2.75) is 19.4 Å². The number of hydrogen-bond acceptors (Lipinski definition) is 5. The van der Waals surface area contributed by atoms with Gasteiger partial charge in [-0.1, -0.05) is 30.3 Å². The third-order valence-corrected chi connectivity index (χ3v) is 4.00. The van der Waals surface area contributed by atoms with Gasteiger partial charge < -0.3 is 19.5 Å². The Balaban J connectivity index is 1.82. The Bertz CT molecular complexity index is 795. The highest BCUT2D eigenvalue weighted by atomic mass is 16.5. The molecule has 0 aliphatic carbocycles. The van der Waals surface area contributed by atoms with Crippen LogP contribution in [0.15, 0.2) is 54.6 Å². The molecule has 2 aromatic rings. The minimum Gasteiger partial charge on any atom is -0.497 e. The summed E-state index contributed by atoms with van der Waals surface area (Å²) in [4.78, 5) is 24.0. The summed E-state index contributed by atoms with van der Waals surface area (Å²) >= 11 is 0. The van der Waals surface area contributed by atoms with Crippen LogP contribution in [0.25, 0.3) is 6.08 Å². The van der Waals surface area contributed by atoms with Gasteiger partial charge in [0, 0.05) is 18.7 Å². The van der Waals surface area contributed by atoms with Crippen LogP contribution in [-0.2, 0) is 20.7 Å². The first kappa shape index (κ1) is 21.0. The lowest BCUT2D eigenvalue weighted by atomic mass is 10.1. The average Bonchev–Trinajstić information content (AvgIpc) is 2.72. The molecular weight excluding hydrogens is 358 g/mol. The lowest BCUT2D eigenvalue weighted by Crippen LogP contribution is -2.36. The number of rotatable bonds is 9. The van der Waals surface area contributed by atoms with Crippen LogP contribution in [0.4, 0.5) is 0 Å². The fraction of sp³-hybridized carbons (Fsp3) is 0.273. The fourth-order valence-corrected chi connectivity index (χ4v) is 2.48. The number of carbonyl (C=O) groups is 2. The molecule has 0 radical (unpaired) electrons. The van der Waals surface area contributed by atoms with Crippen molar-refractivity contribution in [2.24, 2.45) is 0 Å². The van der Waals surface area contributed by atoms with Crippen molar-refractivity contribution in [2.75, 3.05) is 20.8 Å². The van der Waals surface area contributed by atoms with Crippen LogP contribution in [-0.4, -0.2) is 38.7 Å². The Morgan fingerprint density at radius 2 is 1.68 bits per heavy atom. The highest BCUT2D eigenvalue weighted by molar-refractivity contribution is 5.90. The number of amides is 1. The van der Waals surface area contributed by atoms with E-state index in [1.807, 2.05) is 30.3 Å². The fourth-order valence-electron chi connectivity index (χ4n) is 2.48. The predicted octanol–water partition coefficient (Wildman–Crippen LogP) is 3.01. The molecule has 0 heterocycles. The van der Waals surface area contributed by atoms with Gasteiger partial charge in [0.05, 0.1) is 14.2 Å². The van der Waals surface area contributed by atoms with Gasteiger partial charge in [-0.2, -0.15) is 0 Å². The first-order valence-electron chi connectivity index (χ1n) is 8.95. The highest BCUT2D eigenvalue weighted by Gasteiger charge is 2.15. The minimum absolute atomic E-state index is 0.333. The number of benzene rings is 2. The summed E-state index contributed by atoms with van der Waals surface area (Å²) in [5, 5.41) is 2.77. The van der Waals surface area contributed by atoms with Crippen LogP contribution in [0.1, 0.15) is 18.1 Å². The van der Waals surface area contributed by atoms with E-state index in [2.05, 4.69) is 5.32 Å². The highest BCUT2D eigenvalue weighted by Crippen LogP contribution is 2.23. The van der Waals surface area contributed by atoms with E-state index in [1.54, 1.807) is 38.5 Å². The van der Waals surface area contributed by atoms with Crippen molar-refractivity contribution in [1.82, 2.24) is 5.32 Å². The summed E-state index contributed by atoms with van der Waals surface area (Å²) in [6.45, 7) is 2.02. The van der Waals surface area contributed by atoms with Crippen molar-refractivity contribution < 1.29 is 23.8 Å². The Labute approximate surface area is 165 Å². The van der Waals surface area contributed by atoms with E-state index in [1.165, 1.54) is 13.0 Å². The second-order valence-corrected chi connectivity index (χ2v) is 6.09. The SMILES string of the molecule is COc1cc(/C=C/C(=O)O[C@H](C)C(=O)NCCc2ccccc2)cc(OC)c1. The molecule has 0 aliphatic rings. The second kappa shape index (κ2) is 10.8. The Kier molecular flexibility index (Phi) is 8.09. The van der Waals surface area contributed by atoms with E-state index >= 15 is 0 Å². The van der Waals surface area contributed by atoms with Gasteiger partial charge in [0.1, 0.15) is 11.5 Å². The molecule has 6 heteroatoms. The van der Waals surface area contributed by atoms with E-state index < -0.39 is 12.1 Å². The van der Waals surface area contributed by atoms with E-state index in [9.17, 15) is 9.59 Å². The molecule has 0 aromatic heterocycles. The number of esters is 1. The number of ether oxygens (including phenoxy) is 3. The van der Waals surface area contributed by atoms with Crippen molar-refractivity contribution in [3.05, 3.63) is 65.7 Å². The van der Waals surface area contributed by atoms with Crippen LogP contribution in [0.2, 0.25) is 0 Å². The molecule has 0 unspecified atom stereocenters. The average molecular weight is 383 g/mol. The maximum Gasteiger partial charge on any atom is 0.331 e. The minimum atomic E-state index is -0.882. The topological polar surface area (TPSA) is 73.9 Å². The first-order valence-corrected chi connectivity index (χ1v) is 8.95. The van der Waals surface area contributed by atoms with E-state index in [4.69, 9.17) is 14.2 Å². The summed E-state index contributed by atoms with van der Waals surface area (Å²) in [7, 11) is 3.10. The lowest BCUT2D eigenvalue weighted by molar-refractivity contribution is -0.150. The zero-order valence-electron chi connectivity index (χ0n) is 16.3. The van der Waals surface area contributed by atoms with Crippen molar-refractivity contribution in [1.29, 1.82) is 0 Å². The Morgan fingerprint density at radius 3 is 2.29 bits per heavy atom. The largest absolute Gasteiger partial charge is 0.497 e. The standard InChI is InChI=1S/C22H25NO5/c1-16(22(25)23-12-11-17-7-5-4-6-8-17)28-21(24)10-9-18-13-19(26-2)15-20(14-18)27-3/h4-10,13-16H,11-12H2,1-3H3,(H,23,25)/b10-9+/t16-/m1/s1. The zero-order valence-corrected chi connectivity index (χ0v) is 16.3. The van der Waals surface area contributed by atoms with Gasteiger partial charge in [-0.3, -0.25) is 4.79 Å². The molecule has 1 amide bonds. The second-order valence-electron chi connectivity index (χ2n) is 6.09. The summed E-state index contributed by atoms with van der Waals surface area (Å²) in [5.74, 6) is 0.283. The normalized spacial score (nSPS) is 11.7. The van der Waals surface area contributed by atoms with Gasteiger partial charge in [-0.15, -0.1) is 0 Å². The number of nitrogens with one attached hydrogen (secondary N) is 1. The molecule has 28 heavy (non-hydrogen) atoms. The molecule has 0 saturated carbocycles. The molecule has 148 valence electrons. The van der Waals surface area contributed by atoms with E-state index in [0.29, 0.717) is 30.0 Å². The molecule has 0 saturated heterocycles. The monoisotopic (exact) mass is 383 g/mol. The summed E-state index contributed by atoms with van der Waals surface area (Å²) in [6, 6.07) is 15.1. The molecule has 2 aromatic carbocycles. The van der Waals surface area contributed by atoms with Crippen molar-refractivity contribution >= 4 is 18.0 Å². The number of methoxy groups -OCH3 is 2. The summed E-state index contributed by atoms with van der Waals surface area (Å²) in [5.41, 5.74) is 1.84. The summed E-state index contributed by atoms with van der Waals surface area (Å²) in [6.07, 6.45) is 2.67. The maximum atomic E-state index is 12.1. The van der Waals surface area contributed by atoms with E-state index in [-0.39, 0.29) is 5.91 Å². The van der Waals surface area contributed by atoms with Gasteiger partial charge >= 0.3 is 5.97 Å². The van der Waals surface area contributed by atoms with Crippen LogP contribution in [0.3, 0.4) is 0 Å². The third-order valence-electron chi connectivity index (χ3n) is 4.00. The van der Waals surface area contributed by atoms with Crippen molar-refractivity contribution in [3.8, 4) is 11.5 Å². The van der Waals surface area contributed by atoms with Crippen LogP contribution >= 0.6 is 0 Å². The van der Waals surface area contributed by atoms with Gasteiger partial charge in [-0.05, 0) is 42.7 Å². The number of hydrogen-bond donors (Lipinski definition) is 1. The predicted molar refractivity (Wildman–Crippen MR) is 107 cm³/mol. The van der Waals surface area contributed by atoms with Crippen LogP contribution in [0.5, 0.6) is 11.5 Å². The smallest absolute Gasteiger partial charge is 0.331 e. The molecule has 0 aliphatic heterocycles. The Morgan fingerprint density at radius 1 is 1.04 bits per heavy atom. The van der Waals surface area contributed by atoms with Gasteiger partial charge in [0.15, 0.2) is 6.10 Å². The van der Waals surface area contributed by atoms with Crippen LogP contribution < -0.4 is 14.8 Å². The zero-order chi connectivity index (χ0) is 20.4. The molecule has 0 bridgehead atoms. The number of carbonyl (C=O) groups excluding carboxylic acids is 2. The quantitative estimate of drug-likeness (QED) is 0.532. The molecule has 1 N–H and O–H groups in total. The van der Waals surface area contributed by atoms with Crippen LogP contribution in [0, 0.1) is 0 Å². The molecular formula is C22H25NO5.